The largest absolute Gasteiger partial charge is 0.323 e. The molecule has 0 bridgehead atoms. The van der Waals surface area contributed by atoms with E-state index < -0.39 is 0 Å². The number of aliphatic imine (C=N–C) groups is 1. The third-order valence-electron chi connectivity index (χ3n) is 5.11. The average molecular weight is 379 g/mol. The van der Waals surface area contributed by atoms with Gasteiger partial charge in [-0.2, -0.15) is 0 Å². The maximum Gasteiger partial charge on any atom is 0.230 e. The molecule has 142 valence electrons. The molecule has 5 heteroatoms. The van der Waals surface area contributed by atoms with E-state index in [1.807, 2.05) is 48.7 Å². The molecule has 0 atom stereocenters. The predicted molar refractivity (Wildman–Crippen MR) is 118 cm³/mol. The predicted octanol–water partition coefficient (Wildman–Crippen LogP) is 5.20. The number of benzene rings is 3. The number of hydrogen-bond donors (Lipinski definition) is 0. The van der Waals surface area contributed by atoms with Crippen molar-refractivity contribution in [3.05, 3.63) is 90.3 Å². The van der Waals surface area contributed by atoms with Gasteiger partial charge in [-0.3, -0.25) is 0 Å². The first-order valence-electron chi connectivity index (χ1n) is 9.82. The van der Waals surface area contributed by atoms with Crippen LogP contribution >= 0.6 is 0 Å². The van der Waals surface area contributed by atoms with Gasteiger partial charge in [0.1, 0.15) is 0 Å². The molecule has 5 rings (SSSR count). The Labute approximate surface area is 169 Å². The fourth-order valence-electron chi connectivity index (χ4n) is 3.72. The summed E-state index contributed by atoms with van der Waals surface area (Å²) in [5.74, 6) is 1.52. The van der Waals surface area contributed by atoms with Crippen molar-refractivity contribution in [1.82, 2.24) is 19.1 Å². The summed E-state index contributed by atoms with van der Waals surface area (Å²) in [7, 11) is 0. The molecule has 0 fully saturated rings. The topological polar surface area (TPSA) is 48.0 Å². The molecule has 0 aliphatic rings. The van der Waals surface area contributed by atoms with Crippen molar-refractivity contribution < 1.29 is 0 Å². The van der Waals surface area contributed by atoms with Crippen LogP contribution in [0.4, 0.5) is 5.95 Å². The molecule has 0 saturated heterocycles. The Morgan fingerprint density at radius 2 is 1.38 bits per heavy atom. The molecule has 0 amide bonds. The Morgan fingerprint density at radius 3 is 2.10 bits per heavy atom. The molecule has 3 aromatic carbocycles. The van der Waals surface area contributed by atoms with Crippen molar-refractivity contribution >= 4 is 34.2 Å². The summed E-state index contributed by atoms with van der Waals surface area (Å²) >= 11 is 0. The number of nitrogens with zero attached hydrogens (tertiary/aromatic N) is 5. The number of fused-ring (bicyclic) bond motifs is 2. The smallest absolute Gasteiger partial charge is 0.230 e. The van der Waals surface area contributed by atoms with Gasteiger partial charge in [0.05, 0.1) is 34.8 Å². The van der Waals surface area contributed by atoms with Crippen LogP contribution in [0.3, 0.4) is 0 Å². The molecule has 0 saturated carbocycles. The highest BCUT2D eigenvalue weighted by molar-refractivity contribution is 5.86. The van der Waals surface area contributed by atoms with Crippen LogP contribution in [0.5, 0.6) is 0 Å². The Hall–Kier alpha value is -3.73. The highest BCUT2D eigenvalue weighted by Crippen LogP contribution is 2.23. The first-order chi connectivity index (χ1) is 14.3. The van der Waals surface area contributed by atoms with E-state index in [9.17, 15) is 0 Å². The van der Waals surface area contributed by atoms with E-state index in [0.29, 0.717) is 5.95 Å². The summed E-state index contributed by atoms with van der Waals surface area (Å²) in [5, 5.41) is 0. The van der Waals surface area contributed by atoms with Gasteiger partial charge in [0, 0.05) is 6.54 Å². The zero-order valence-corrected chi connectivity index (χ0v) is 16.2. The monoisotopic (exact) mass is 379 g/mol. The van der Waals surface area contributed by atoms with Crippen LogP contribution in [0.25, 0.3) is 22.1 Å². The Balaban J connectivity index is 1.59. The Morgan fingerprint density at radius 1 is 0.759 bits per heavy atom. The highest BCUT2D eigenvalue weighted by atomic mass is 15.2. The standard InChI is InChI=1S/C24H21N5/c1-2-28-21-14-8-6-12-19(21)26-23(28)16-25-24-27-20-13-7-9-15-22(20)29(24)17-18-10-4-3-5-11-18/h3-16H,2,17H2,1H3/b25-16+. The van der Waals surface area contributed by atoms with Gasteiger partial charge in [-0.25, -0.2) is 15.0 Å². The molecule has 0 N–H and O–H groups in total. The van der Waals surface area contributed by atoms with Gasteiger partial charge < -0.3 is 9.13 Å². The van der Waals surface area contributed by atoms with Crippen molar-refractivity contribution in [2.75, 3.05) is 0 Å². The number of para-hydroxylation sites is 4. The fraction of sp³-hybridized carbons (Fsp3) is 0.125. The lowest BCUT2D eigenvalue weighted by Crippen LogP contribution is -2.02. The number of imidazole rings is 2. The van der Waals surface area contributed by atoms with E-state index in [4.69, 9.17) is 15.0 Å². The molecular formula is C24H21N5. The minimum Gasteiger partial charge on any atom is -0.323 e. The van der Waals surface area contributed by atoms with E-state index in [-0.39, 0.29) is 0 Å². The molecule has 0 unspecified atom stereocenters. The summed E-state index contributed by atoms with van der Waals surface area (Å²) in [5.41, 5.74) is 5.34. The number of rotatable bonds is 5. The number of aromatic nitrogens is 4. The number of aryl methyl sites for hydroxylation is 1. The van der Waals surface area contributed by atoms with Gasteiger partial charge in [-0.05, 0) is 36.8 Å². The maximum absolute atomic E-state index is 4.76. The fourth-order valence-corrected chi connectivity index (χ4v) is 3.72. The van der Waals surface area contributed by atoms with Crippen LogP contribution in [0.1, 0.15) is 18.3 Å². The summed E-state index contributed by atoms with van der Waals surface area (Å²) in [6.07, 6.45) is 1.83. The molecule has 5 nitrogen and oxygen atoms in total. The molecule has 0 radical (unpaired) electrons. The van der Waals surface area contributed by atoms with Crippen molar-refractivity contribution in [3.8, 4) is 0 Å². The normalized spacial score (nSPS) is 11.8. The van der Waals surface area contributed by atoms with Gasteiger partial charge in [0.2, 0.25) is 5.95 Å². The molecule has 0 aliphatic heterocycles. The van der Waals surface area contributed by atoms with Crippen molar-refractivity contribution in [3.63, 3.8) is 0 Å². The second-order valence-electron chi connectivity index (χ2n) is 6.93. The second-order valence-corrected chi connectivity index (χ2v) is 6.93. The molecule has 2 heterocycles. The molecule has 2 aromatic heterocycles. The van der Waals surface area contributed by atoms with Gasteiger partial charge in [-0.1, -0.05) is 54.6 Å². The first kappa shape index (κ1) is 17.4. The molecule has 0 spiro atoms. The highest BCUT2D eigenvalue weighted by Gasteiger charge is 2.11. The first-order valence-corrected chi connectivity index (χ1v) is 9.82. The van der Waals surface area contributed by atoms with Crippen molar-refractivity contribution in [1.29, 1.82) is 0 Å². The SMILES string of the molecule is CCn1c(/C=N/c2nc3ccccc3n2Cc2ccccc2)nc2ccccc21. The summed E-state index contributed by atoms with van der Waals surface area (Å²) in [6, 6.07) is 26.7. The lowest BCUT2D eigenvalue weighted by atomic mass is 10.2. The summed E-state index contributed by atoms with van der Waals surface area (Å²) in [4.78, 5) is 14.3. The molecule has 29 heavy (non-hydrogen) atoms. The van der Waals surface area contributed by atoms with Crippen LogP contribution in [-0.2, 0) is 13.1 Å². The lowest BCUT2D eigenvalue weighted by molar-refractivity contribution is 0.779. The lowest BCUT2D eigenvalue weighted by Gasteiger charge is -2.07. The van der Waals surface area contributed by atoms with Crippen LogP contribution in [0, 0.1) is 0 Å². The van der Waals surface area contributed by atoms with Gasteiger partial charge in [-0.15, -0.1) is 0 Å². The summed E-state index contributed by atoms with van der Waals surface area (Å²) < 4.78 is 4.32. The third-order valence-corrected chi connectivity index (χ3v) is 5.11. The van der Waals surface area contributed by atoms with Crippen molar-refractivity contribution in [2.45, 2.75) is 20.0 Å². The van der Waals surface area contributed by atoms with Gasteiger partial charge in [0.25, 0.3) is 0 Å². The average Bonchev–Trinajstić information content (AvgIpc) is 3.30. The third kappa shape index (κ3) is 3.21. The second kappa shape index (κ2) is 7.36. The van der Waals surface area contributed by atoms with Crippen LogP contribution in [0.2, 0.25) is 0 Å². The van der Waals surface area contributed by atoms with Crippen LogP contribution in [-0.4, -0.2) is 25.3 Å². The maximum atomic E-state index is 4.76. The zero-order valence-electron chi connectivity index (χ0n) is 16.2. The number of hydrogen-bond acceptors (Lipinski definition) is 3. The Bertz CT molecular complexity index is 1310. The van der Waals surface area contributed by atoms with Gasteiger partial charge >= 0.3 is 0 Å². The van der Waals surface area contributed by atoms with E-state index in [2.05, 4.69) is 52.5 Å². The van der Waals surface area contributed by atoms with Crippen molar-refractivity contribution in [2.24, 2.45) is 4.99 Å². The molecule has 0 aliphatic carbocycles. The van der Waals surface area contributed by atoms with Crippen LogP contribution in [0.15, 0.2) is 83.9 Å². The minimum absolute atomic E-state index is 0.685. The minimum atomic E-state index is 0.685. The summed E-state index contributed by atoms with van der Waals surface area (Å²) in [6.45, 7) is 3.68. The van der Waals surface area contributed by atoms with Gasteiger partial charge in [0.15, 0.2) is 5.82 Å². The van der Waals surface area contributed by atoms with E-state index in [1.54, 1.807) is 0 Å². The molecule has 5 aromatic rings. The van der Waals surface area contributed by atoms with Crippen LogP contribution < -0.4 is 0 Å². The zero-order chi connectivity index (χ0) is 19.6. The quantitative estimate of drug-likeness (QED) is 0.394. The Kier molecular flexibility index (Phi) is 4.41. The van der Waals surface area contributed by atoms with E-state index >= 15 is 0 Å². The van der Waals surface area contributed by atoms with E-state index in [1.165, 1.54) is 5.56 Å². The van der Waals surface area contributed by atoms with E-state index in [0.717, 1.165) is 41.0 Å². The molecular weight excluding hydrogens is 358 g/mol.